The van der Waals surface area contributed by atoms with E-state index in [-0.39, 0.29) is 44.4 Å². The van der Waals surface area contributed by atoms with Crippen molar-refractivity contribution in [3.05, 3.63) is 35.4 Å². The molecule has 0 unspecified atom stereocenters. The van der Waals surface area contributed by atoms with Crippen molar-refractivity contribution in [1.82, 2.24) is 18.8 Å². The van der Waals surface area contributed by atoms with Crippen LogP contribution in [0, 0.1) is 34.8 Å². The zero-order valence-corrected chi connectivity index (χ0v) is 20.5. The highest BCUT2D eigenvalue weighted by Gasteiger charge is 2.42. The minimum Gasteiger partial charge on any atom is -0.352 e. The minimum atomic E-state index is -3.51. The number of piperidine rings is 1. The molecular weight excluding hydrogens is 480 g/mol. The number of hydrogen-bond acceptors (Lipinski definition) is 5. The van der Waals surface area contributed by atoms with Gasteiger partial charge in [-0.2, -0.15) is 22.3 Å². The van der Waals surface area contributed by atoms with Crippen LogP contribution < -0.4 is 5.32 Å². The molecule has 0 aromatic heterocycles. The number of likely N-dealkylation sites (tertiary alicyclic amines) is 1. The van der Waals surface area contributed by atoms with Crippen LogP contribution in [0.15, 0.2) is 18.2 Å². The van der Waals surface area contributed by atoms with Crippen molar-refractivity contribution < 1.29 is 28.2 Å². The number of nitrogens with one attached hydrogen (secondary N) is 1. The lowest BCUT2D eigenvalue weighted by Crippen LogP contribution is -2.57. The highest BCUT2D eigenvalue weighted by atomic mass is 32.2. The maximum absolute atomic E-state index is 13.0. The zero-order chi connectivity index (χ0) is 25.6. The number of rotatable bonds is 6. The van der Waals surface area contributed by atoms with Crippen molar-refractivity contribution in [2.45, 2.75) is 38.6 Å². The molecule has 3 aliphatic heterocycles. The number of carbonyl (C=O) groups is 2. The summed E-state index contributed by atoms with van der Waals surface area (Å²) in [5.74, 6) is -1.58. The summed E-state index contributed by atoms with van der Waals surface area (Å²) >= 11 is 0. The van der Waals surface area contributed by atoms with Gasteiger partial charge in [0.2, 0.25) is 12.3 Å². The predicted molar refractivity (Wildman–Crippen MR) is 126 cm³/mol. The molecule has 0 bridgehead atoms. The molecule has 2 amide bonds. The molecule has 3 heterocycles. The number of nitriles is 1. The van der Waals surface area contributed by atoms with Gasteiger partial charge in [-0.3, -0.25) is 9.59 Å². The molecule has 194 valence electrons. The molecule has 0 saturated carbocycles. The number of carbonyl (C=O) groups excluding carboxylic acids is 2. The molecule has 9 nitrogen and oxygen atoms in total. The van der Waals surface area contributed by atoms with Crippen molar-refractivity contribution in [1.29, 1.82) is 5.26 Å². The maximum atomic E-state index is 13.0. The standard InChI is InChI=1S/C14H22N4O3S.C9H9F2NO.H2/c15-8-12-9-18(10-12)22(20,21)17-7-3-4-13(11-17)14(19)16-5-1-2-6-16;1-6(12-5-13)8-3-2-7(10)4-9(8)11;/h12-13H,1-7,9-11H2;2-6H,1H3,(H,12,13);1H/t13-;6-;/m01./s1. The summed E-state index contributed by atoms with van der Waals surface area (Å²) in [6, 6.07) is 4.89. The van der Waals surface area contributed by atoms with E-state index >= 15 is 0 Å². The van der Waals surface area contributed by atoms with Crippen LogP contribution in [0.3, 0.4) is 0 Å². The second-order valence-electron chi connectivity index (χ2n) is 9.05. The lowest BCUT2D eigenvalue weighted by Gasteiger charge is -2.40. The number of halogens is 2. The molecule has 2 atom stereocenters. The number of amides is 2. The molecule has 3 saturated heterocycles. The van der Waals surface area contributed by atoms with Crippen LogP contribution >= 0.6 is 0 Å². The van der Waals surface area contributed by atoms with Gasteiger partial charge in [-0.25, -0.2) is 8.78 Å². The fourth-order valence-electron chi connectivity index (χ4n) is 4.47. The molecule has 3 fully saturated rings. The van der Waals surface area contributed by atoms with Crippen molar-refractivity contribution in [2.75, 3.05) is 39.3 Å². The Kier molecular flexibility index (Phi) is 9.15. The van der Waals surface area contributed by atoms with Crippen LogP contribution in [0.4, 0.5) is 8.78 Å². The average Bonchev–Trinajstić information content (AvgIpc) is 3.33. The topological polar surface area (TPSA) is 114 Å². The SMILES string of the molecule is C[C@@H](NC=O)c1ccc(F)cc1F.N#CC1CN(S(=O)(=O)N2CCC[C@H](C(=O)N3CCCC3)C2)C1.[HH]. The maximum Gasteiger partial charge on any atom is 0.282 e. The van der Waals surface area contributed by atoms with Gasteiger partial charge in [-0.1, -0.05) is 6.07 Å². The number of benzene rings is 1. The van der Waals surface area contributed by atoms with Crippen LogP contribution in [0.25, 0.3) is 0 Å². The lowest BCUT2D eigenvalue weighted by atomic mass is 9.98. The fourth-order valence-corrected chi connectivity index (χ4v) is 6.26. The van der Waals surface area contributed by atoms with Crippen LogP contribution in [0.5, 0.6) is 0 Å². The predicted octanol–water partition coefficient (Wildman–Crippen LogP) is 2.04. The van der Waals surface area contributed by atoms with E-state index in [2.05, 4.69) is 11.4 Å². The number of nitrogens with zero attached hydrogens (tertiary/aromatic N) is 4. The highest BCUT2D eigenvalue weighted by Crippen LogP contribution is 2.27. The molecule has 12 heteroatoms. The molecule has 35 heavy (non-hydrogen) atoms. The van der Waals surface area contributed by atoms with Gasteiger partial charge in [0, 0.05) is 52.3 Å². The van der Waals surface area contributed by atoms with E-state index < -0.39 is 27.9 Å². The van der Waals surface area contributed by atoms with E-state index in [9.17, 15) is 26.8 Å². The third-order valence-corrected chi connectivity index (χ3v) is 8.52. The Bertz CT molecular complexity index is 1060. The van der Waals surface area contributed by atoms with Crippen LogP contribution in [-0.2, 0) is 19.8 Å². The average molecular weight is 514 g/mol. The summed E-state index contributed by atoms with van der Waals surface area (Å²) in [6.45, 7) is 4.53. The first-order chi connectivity index (χ1) is 16.7. The van der Waals surface area contributed by atoms with Gasteiger partial charge in [0.25, 0.3) is 10.2 Å². The van der Waals surface area contributed by atoms with Crippen molar-refractivity contribution in [3.63, 3.8) is 0 Å². The summed E-state index contributed by atoms with van der Waals surface area (Å²) in [5, 5.41) is 11.2. The first kappa shape index (κ1) is 27.0. The largest absolute Gasteiger partial charge is 0.352 e. The molecule has 0 radical (unpaired) electrons. The Balaban J connectivity index is 0.000000281. The third kappa shape index (κ3) is 6.54. The smallest absolute Gasteiger partial charge is 0.282 e. The summed E-state index contributed by atoms with van der Waals surface area (Å²) in [5.41, 5.74) is 0.272. The Hall–Kier alpha value is -2.62. The molecular formula is C23H33F2N5O4S. The van der Waals surface area contributed by atoms with Crippen molar-refractivity contribution in [2.24, 2.45) is 11.8 Å². The van der Waals surface area contributed by atoms with Crippen LogP contribution in [-0.4, -0.2) is 73.5 Å². The monoisotopic (exact) mass is 513 g/mol. The minimum absolute atomic E-state index is 0. The van der Waals surface area contributed by atoms with Gasteiger partial charge < -0.3 is 10.2 Å². The Labute approximate surface area is 206 Å². The Morgan fingerprint density at radius 2 is 1.86 bits per heavy atom. The molecule has 0 aliphatic carbocycles. The first-order valence-corrected chi connectivity index (χ1v) is 13.1. The second kappa shape index (κ2) is 11.9. The van der Waals surface area contributed by atoms with E-state index in [0.717, 1.165) is 50.9 Å². The lowest BCUT2D eigenvalue weighted by molar-refractivity contribution is -0.135. The zero-order valence-electron chi connectivity index (χ0n) is 19.7. The Morgan fingerprint density at radius 3 is 2.46 bits per heavy atom. The van der Waals surface area contributed by atoms with Crippen LogP contribution in [0.2, 0.25) is 0 Å². The first-order valence-electron chi connectivity index (χ1n) is 11.8. The van der Waals surface area contributed by atoms with Crippen molar-refractivity contribution in [3.8, 4) is 6.07 Å². The summed E-state index contributed by atoms with van der Waals surface area (Å²) in [4.78, 5) is 24.4. The van der Waals surface area contributed by atoms with Gasteiger partial charge in [0.05, 0.1) is 23.9 Å². The van der Waals surface area contributed by atoms with E-state index in [0.29, 0.717) is 13.0 Å². The van der Waals surface area contributed by atoms with Gasteiger partial charge in [-0.15, -0.1) is 0 Å². The van der Waals surface area contributed by atoms with Gasteiger partial charge >= 0.3 is 0 Å². The van der Waals surface area contributed by atoms with E-state index in [4.69, 9.17) is 5.26 Å². The fraction of sp³-hybridized carbons (Fsp3) is 0.609. The molecule has 4 rings (SSSR count). The molecule has 1 N–H and O–H groups in total. The molecule has 1 aromatic rings. The molecule has 1 aromatic carbocycles. The summed E-state index contributed by atoms with van der Waals surface area (Å²) in [6.07, 6.45) is 4.06. The van der Waals surface area contributed by atoms with E-state index in [1.807, 2.05) is 4.90 Å². The number of hydrogen-bond donors (Lipinski definition) is 1. The molecule has 0 spiro atoms. The van der Waals surface area contributed by atoms with Crippen molar-refractivity contribution >= 4 is 22.5 Å². The van der Waals surface area contributed by atoms with Crippen LogP contribution in [0.1, 0.15) is 45.6 Å². The van der Waals surface area contributed by atoms with E-state index in [1.165, 1.54) is 14.7 Å². The quantitative estimate of drug-likeness (QED) is 0.585. The second-order valence-corrected chi connectivity index (χ2v) is 11.0. The van der Waals surface area contributed by atoms with Gasteiger partial charge in [-0.05, 0) is 38.7 Å². The summed E-state index contributed by atoms with van der Waals surface area (Å²) < 4.78 is 53.4. The normalized spacial score (nSPS) is 22.3. The van der Waals surface area contributed by atoms with Gasteiger partial charge in [0.15, 0.2) is 0 Å². The van der Waals surface area contributed by atoms with Gasteiger partial charge in [0.1, 0.15) is 11.6 Å². The Morgan fingerprint density at radius 1 is 1.17 bits per heavy atom. The third-order valence-electron chi connectivity index (χ3n) is 6.58. The molecule has 3 aliphatic rings. The van der Waals surface area contributed by atoms with E-state index in [1.54, 1.807) is 6.92 Å². The highest BCUT2D eigenvalue weighted by molar-refractivity contribution is 7.86. The summed E-state index contributed by atoms with van der Waals surface area (Å²) in [7, 11) is -3.51.